The molecule has 1 aromatic heterocycles. The number of hydrogen-bond acceptors (Lipinski definition) is 3. The molecule has 1 unspecified atom stereocenters. The number of carbonyl (C=O) groups is 1. The highest BCUT2D eigenvalue weighted by Gasteiger charge is 2.26. The number of nitrogens with zero attached hydrogens (tertiary/aromatic N) is 2. The fourth-order valence-electron chi connectivity index (χ4n) is 4.15. The van der Waals surface area contributed by atoms with E-state index in [1.807, 2.05) is 91.3 Å². The smallest absolute Gasteiger partial charge is 0.270 e. The molecule has 5 heteroatoms. The lowest BCUT2D eigenvalue weighted by Crippen LogP contribution is -2.30. The summed E-state index contributed by atoms with van der Waals surface area (Å²) in [6, 6.07) is 28.1. The fraction of sp³-hybridized carbons (Fsp3) is 0.214. The van der Waals surface area contributed by atoms with Gasteiger partial charge >= 0.3 is 0 Å². The van der Waals surface area contributed by atoms with E-state index in [-0.39, 0.29) is 11.9 Å². The first-order valence-corrected chi connectivity index (χ1v) is 11.5. The Balaban J connectivity index is 1.84. The summed E-state index contributed by atoms with van der Waals surface area (Å²) in [4.78, 5) is 18.8. The average molecular weight is 439 g/mol. The lowest BCUT2D eigenvalue weighted by molar-refractivity contribution is 0.0927. The number of benzene rings is 3. The van der Waals surface area contributed by atoms with Gasteiger partial charge in [-0.2, -0.15) is 0 Å². The van der Waals surface area contributed by atoms with Crippen molar-refractivity contribution in [1.29, 1.82) is 0 Å². The fourth-order valence-corrected chi connectivity index (χ4v) is 4.15. The van der Waals surface area contributed by atoms with Crippen molar-refractivity contribution < 1.29 is 4.79 Å². The molecular formula is C28H30N4O. The molecule has 33 heavy (non-hydrogen) atoms. The van der Waals surface area contributed by atoms with Crippen LogP contribution in [-0.4, -0.2) is 22.5 Å². The molecule has 4 rings (SSSR count). The molecule has 2 N–H and O–H groups in total. The Morgan fingerprint density at radius 3 is 2.21 bits per heavy atom. The Morgan fingerprint density at radius 2 is 1.58 bits per heavy atom. The number of amides is 1. The monoisotopic (exact) mass is 438 g/mol. The molecule has 0 aliphatic heterocycles. The van der Waals surface area contributed by atoms with Crippen LogP contribution in [0.2, 0.25) is 0 Å². The van der Waals surface area contributed by atoms with Crippen LogP contribution in [0, 0.1) is 0 Å². The van der Waals surface area contributed by atoms with E-state index in [1.54, 1.807) is 0 Å². The molecule has 168 valence electrons. The van der Waals surface area contributed by atoms with Gasteiger partial charge in [-0.05, 0) is 31.0 Å². The lowest BCUT2D eigenvalue weighted by Gasteiger charge is -2.19. The summed E-state index contributed by atoms with van der Waals surface area (Å²) >= 11 is 0. The highest BCUT2D eigenvalue weighted by atomic mass is 16.2. The predicted octanol–water partition coefficient (Wildman–Crippen LogP) is 6.16. The second kappa shape index (κ2) is 10.2. The number of rotatable bonds is 8. The van der Waals surface area contributed by atoms with Crippen molar-refractivity contribution >= 4 is 11.6 Å². The van der Waals surface area contributed by atoms with Crippen molar-refractivity contribution in [2.75, 3.05) is 12.4 Å². The van der Waals surface area contributed by atoms with E-state index in [1.165, 1.54) is 0 Å². The van der Waals surface area contributed by atoms with Crippen LogP contribution in [0.1, 0.15) is 42.4 Å². The van der Waals surface area contributed by atoms with E-state index >= 15 is 0 Å². The summed E-state index contributed by atoms with van der Waals surface area (Å²) in [7, 11) is 1.89. The van der Waals surface area contributed by atoms with Gasteiger partial charge in [-0.3, -0.25) is 4.79 Å². The number of anilines is 1. The summed E-state index contributed by atoms with van der Waals surface area (Å²) < 4.78 is 2.02. The molecule has 0 aliphatic rings. The minimum Gasteiger partial charge on any atom is -0.388 e. The predicted molar refractivity (Wildman–Crippen MR) is 135 cm³/mol. The normalized spacial score (nSPS) is 11.7. The van der Waals surface area contributed by atoms with Gasteiger partial charge in [0.05, 0.1) is 6.04 Å². The van der Waals surface area contributed by atoms with E-state index in [2.05, 4.69) is 29.7 Å². The third-order valence-electron chi connectivity index (χ3n) is 5.87. The third kappa shape index (κ3) is 4.67. The third-order valence-corrected chi connectivity index (χ3v) is 5.87. The first-order valence-electron chi connectivity index (χ1n) is 11.5. The Labute approximate surface area is 195 Å². The standard InChI is InChI=1S/C28H30N4O/c1-4-24(20-13-8-6-9-14-20)30-28(33)26-25(22-17-12-18-23(19-22)29-3)31-27(32(26)5-2)21-15-10-7-11-16-21/h6-19,24,29H,4-5H2,1-3H3,(H,30,33). The molecule has 0 radical (unpaired) electrons. The molecule has 1 amide bonds. The zero-order valence-corrected chi connectivity index (χ0v) is 19.4. The first-order chi connectivity index (χ1) is 16.2. The quantitative estimate of drug-likeness (QED) is 0.346. The maximum atomic E-state index is 13.8. The van der Waals surface area contributed by atoms with Gasteiger partial charge in [0.1, 0.15) is 17.2 Å². The van der Waals surface area contributed by atoms with E-state index in [9.17, 15) is 4.79 Å². The SMILES string of the molecule is CCC(NC(=O)c1c(-c2cccc(NC)c2)nc(-c2ccccc2)n1CC)c1ccccc1. The van der Waals surface area contributed by atoms with Gasteiger partial charge < -0.3 is 15.2 Å². The summed E-state index contributed by atoms with van der Waals surface area (Å²) in [6.45, 7) is 4.77. The molecule has 1 atom stereocenters. The molecule has 0 aliphatic carbocycles. The highest BCUT2D eigenvalue weighted by molar-refractivity contribution is 6.00. The number of imidazole rings is 1. The lowest BCUT2D eigenvalue weighted by atomic mass is 10.0. The largest absolute Gasteiger partial charge is 0.388 e. The highest BCUT2D eigenvalue weighted by Crippen LogP contribution is 2.31. The average Bonchev–Trinajstić information content (AvgIpc) is 3.28. The van der Waals surface area contributed by atoms with Crippen molar-refractivity contribution in [2.45, 2.75) is 32.9 Å². The molecule has 0 saturated carbocycles. The Hall–Kier alpha value is -3.86. The summed E-state index contributed by atoms with van der Waals surface area (Å²) in [6.07, 6.45) is 0.798. The van der Waals surface area contributed by atoms with Crippen LogP contribution >= 0.6 is 0 Å². The molecule has 4 aromatic rings. The van der Waals surface area contributed by atoms with E-state index in [0.29, 0.717) is 17.9 Å². The van der Waals surface area contributed by atoms with E-state index < -0.39 is 0 Å². The van der Waals surface area contributed by atoms with Gasteiger partial charge in [-0.15, -0.1) is 0 Å². The van der Waals surface area contributed by atoms with Crippen LogP contribution < -0.4 is 10.6 Å². The maximum absolute atomic E-state index is 13.8. The molecule has 0 spiro atoms. The second-order valence-electron chi connectivity index (χ2n) is 7.92. The number of nitrogens with one attached hydrogen (secondary N) is 2. The number of carbonyl (C=O) groups excluding carboxylic acids is 1. The van der Waals surface area contributed by atoms with Gasteiger partial charge in [0.25, 0.3) is 5.91 Å². The van der Waals surface area contributed by atoms with Gasteiger partial charge in [0.2, 0.25) is 0 Å². The molecule has 0 saturated heterocycles. The summed E-state index contributed by atoms with van der Waals surface area (Å²) in [5.41, 5.74) is 5.23. The van der Waals surface area contributed by atoms with Crippen LogP contribution in [-0.2, 0) is 6.54 Å². The van der Waals surface area contributed by atoms with Crippen LogP contribution in [0.5, 0.6) is 0 Å². The Kier molecular flexibility index (Phi) is 6.89. The first kappa shape index (κ1) is 22.3. The molecule has 1 heterocycles. The zero-order chi connectivity index (χ0) is 23.2. The van der Waals surface area contributed by atoms with Crippen molar-refractivity contribution in [3.8, 4) is 22.6 Å². The van der Waals surface area contributed by atoms with Crippen LogP contribution in [0.25, 0.3) is 22.6 Å². The van der Waals surface area contributed by atoms with Crippen LogP contribution in [0.3, 0.4) is 0 Å². The minimum absolute atomic E-state index is 0.0735. The van der Waals surface area contributed by atoms with Crippen molar-refractivity contribution in [3.63, 3.8) is 0 Å². The number of aromatic nitrogens is 2. The van der Waals surface area contributed by atoms with Crippen LogP contribution in [0.4, 0.5) is 5.69 Å². The molecule has 0 fully saturated rings. The van der Waals surface area contributed by atoms with Gasteiger partial charge in [0, 0.05) is 30.4 Å². The van der Waals surface area contributed by atoms with Crippen molar-refractivity contribution in [2.24, 2.45) is 0 Å². The van der Waals surface area contributed by atoms with Gasteiger partial charge in [0.15, 0.2) is 0 Å². The van der Waals surface area contributed by atoms with Crippen molar-refractivity contribution in [1.82, 2.24) is 14.9 Å². The molecular weight excluding hydrogens is 408 g/mol. The zero-order valence-electron chi connectivity index (χ0n) is 19.4. The van der Waals surface area contributed by atoms with Crippen LogP contribution in [0.15, 0.2) is 84.9 Å². The summed E-state index contributed by atoms with van der Waals surface area (Å²) in [5, 5.41) is 6.44. The Morgan fingerprint density at radius 1 is 0.909 bits per heavy atom. The summed E-state index contributed by atoms with van der Waals surface area (Å²) in [5.74, 6) is 0.674. The molecule has 3 aromatic carbocycles. The van der Waals surface area contributed by atoms with Crippen molar-refractivity contribution in [3.05, 3.63) is 96.2 Å². The molecule has 0 bridgehead atoms. The number of hydrogen-bond donors (Lipinski definition) is 2. The topological polar surface area (TPSA) is 59.0 Å². The maximum Gasteiger partial charge on any atom is 0.270 e. The Bertz CT molecular complexity index is 1220. The van der Waals surface area contributed by atoms with Gasteiger partial charge in [-0.25, -0.2) is 4.98 Å². The van der Waals surface area contributed by atoms with E-state index in [0.717, 1.165) is 34.6 Å². The molecule has 5 nitrogen and oxygen atoms in total. The minimum atomic E-state index is -0.118. The second-order valence-corrected chi connectivity index (χ2v) is 7.92. The van der Waals surface area contributed by atoms with Gasteiger partial charge in [-0.1, -0.05) is 79.7 Å². The van der Waals surface area contributed by atoms with E-state index in [4.69, 9.17) is 4.98 Å².